The Balaban J connectivity index is 0.000000831. The van der Waals surface area contributed by atoms with Crippen molar-refractivity contribution >= 4 is 18.0 Å². The third kappa shape index (κ3) is 28.9. The van der Waals surface area contributed by atoms with Crippen LogP contribution in [0.4, 0.5) is 0 Å². The largest absolute Gasteiger partial charge is 0.463 e. The molecule has 4 nitrogen and oxygen atoms in total. The lowest BCUT2D eigenvalue weighted by Crippen LogP contribution is -2.02. The van der Waals surface area contributed by atoms with Gasteiger partial charge in [-0.3, -0.25) is 4.79 Å². The first-order valence-electron chi connectivity index (χ1n) is 16.7. The number of carbonyl (C=O) groups is 2. The lowest BCUT2D eigenvalue weighted by atomic mass is 10.1. The van der Waals surface area contributed by atoms with Crippen molar-refractivity contribution in [2.24, 2.45) is 0 Å². The van der Waals surface area contributed by atoms with Gasteiger partial charge < -0.3 is 9.47 Å². The predicted octanol–water partition coefficient (Wildman–Crippen LogP) is 11.5. The summed E-state index contributed by atoms with van der Waals surface area (Å²) in [6, 6.07) is 8.08. The predicted molar refractivity (Wildman–Crippen MR) is 176 cm³/mol. The SMILES string of the molecule is C=COC(=O)CCCCCCCCCCCC.CCCCCCCCCCCCOC(=O)C=Cc1ccc(C)cc1. The van der Waals surface area contributed by atoms with Crippen molar-refractivity contribution in [2.75, 3.05) is 6.61 Å². The molecule has 0 unspecified atom stereocenters. The highest BCUT2D eigenvalue weighted by molar-refractivity contribution is 5.87. The highest BCUT2D eigenvalue weighted by Crippen LogP contribution is 2.12. The molecule has 234 valence electrons. The fraction of sp³-hybridized carbons (Fsp3) is 0.676. The average molecular weight is 571 g/mol. The van der Waals surface area contributed by atoms with E-state index in [2.05, 4.69) is 25.2 Å². The standard InChI is InChI=1S/C22H34O2.C15H28O2/c1-3-4-5-6-7-8-9-10-11-12-19-24-22(23)18-17-21-15-13-20(2)14-16-21;1-3-5-6-7-8-9-10-11-12-13-14-15(16)17-4-2/h13-18H,3-12,19H2,1-2H3;4H,2-3,5-14H2,1H3. The first-order chi connectivity index (χ1) is 20.0. The maximum atomic E-state index is 11.6. The molecule has 1 aromatic rings. The van der Waals surface area contributed by atoms with Crippen LogP contribution in [0.15, 0.2) is 43.2 Å². The number of aryl methyl sites for hydroxylation is 1. The van der Waals surface area contributed by atoms with Crippen molar-refractivity contribution in [3.63, 3.8) is 0 Å². The molecule has 0 aliphatic rings. The zero-order valence-electron chi connectivity index (χ0n) is 26.9. The molecule has 0 radical (unpaired) electrons. The quantitative estimate of drug-likeness (QED) is 0.0508. The molecule has 4 heteroatoms. The fourth-order valence-corrected chi connectivity index (χ4v) is 4.56. The van der Waals surface area contributed by atoms with E-state index in [0.717, 1.165) is 31.2 Å². The summed E-state index contributed by atoms with van der Waals surface area (Å²) in [7, 11) is 0. The molecule has 0 spiro atoms. The molecule has 0 saturated carbocycles. The Hall–Kier alpha value is -2.36. The summed E-state index contributed by atoms with van der Waals surface area (Å²) in [6.07, 6.45) is 30.8. The van der Waals surface area contributed by atoms with E-state index in [1.807, 2.05) is 31.2 Å². The molecule has 0 N–H and O–H groups in total. The molecule has 0 fully saturated rings. The number of unbranched alkanes of at least 4 members (excludes halogenated alkanes) is 18. The molecule has 0 aliphatic heterocycles. The lowest BCUT2D eigenvalue weighted by Gasteiger charge is -2.03. The molecule has 41 heavy (non-hydrogen) atoms. The van der Waals surface area contributed by atoms with Gasteiger partial charge in [0.05, 0.1) is 12.9 Å². The van der Waals surface area contributed by atoms with E-state index in [1.54, 1.807) is 6.08 Å². The van der Waals surface area contributed by atoms with E-state index >= 15 is 0 Å². The van der Waals surface area contributed by atoms with E-state index in [-0.39, 0.29) is 11.9 Å². The Kier molecular flexibility index (Phi) is 28.8. The van der Waals surface area contributed by atoms with Crippen molar-refractivity contribution in [3.05, 3.63) is 54.3 Å². The molecule has 0 heterocycles. The molecule has 0 amide bonds. The Bertz CT molecular complexity index is 766. The zero-order chi connectivity index (χ0) is 30.2. The Morgan fingerprint density at radius 3 is 1.56 bits per heavy atom. The molecule has 0 aliphatic carbocycles. The van der Waals surface area contributed by atoms with Gasteiger partial charge in [0.2, 0.25) is 0 Å². The minimum atomic E-state index is -0.244. The smallest absolute Gasteiger partial charge is 0.330 e. The second-order valence-corrected chi connectivity index (χ2v) is 11.2. The van der Waals surface area contributed by atoms with E-state index in [4.69, 9.17) is 4.74 Å². The van der Waals surface area contributed by atoms with Crippen LogP contribution >= 0.6 is 0 Å². The number of ether oxygens (including phenoxy) is 2. The number of hydrogen-bond acceptors (Lipinski definition) is 4. The normalized spacial score (nSPS) is 10.7. The Labute approximate surface area is 253 Å². The summed E-state index contributed by atoms with van der Waals surface area (Å²) in [4.78, 5) is 22.6. The summed E-state index contributed by atoms with van der Waals surface area (Å²) in [6.45, 7) is 10.4. The van der Waals surface area contributed by atoms with Gasteiger partial charge in [-0.15, -0.1) is 0 Å². The Morgan fingerprint density at radius 2 is 1.10 bits per heavy atom. The van der Waals surface area contributed by atoms with Gasteiger partial charge in [0.15, 0.2) is 0 Å². The minimum Gasteiger partial charge on any atom is -0.463 e. The van der Waals surface area contributed by atoms with Gasteiger partial charge >= 0.3 is 11.9 Å². The first kappa shape index (κ1) is 38.6. The van der Waals surface area contributed by atoms with Crippen LogP contribution in [-0.2, 0) is 19.1 Å². The van der Waals surface area contributed by atoms with Crippen LogP contribution in [0.3, 0.4) is 0 Å². The maximum absolute atomic E-state index is 11.6. The van der Waals surface area contributed by atoms with E-state index in [1.165, 1.54) is 121 Å². The van der Waals surface area contributed by atoms with Gasteiger partial charge in [0, 0.05) is 12.5 Å². The van der Waals surface area contributed by atoms with Gasteiger partial charge in [-0.25, -0.2) is 4.79 Å². The first-order valence-corrected chi connectivity index (χ1v) is 16.7. The van der Waals surface area contributed by atoms with E-state index in [9.17, 15) is 9.59 Å². The molecular weight excluding hydrogens is 508 g/mol. The van der Waals surface area contributed by atoms with Crippen molar-refractivity contribution < 1.29 is 19.1 Å². The van der Waals surface area contributed by atoms with Crippen LogP contribution in [0.1, 0.15) is 160 Å². The highest BCUT2D eigenvalue weighted by Gasteiger charge is 2.00. The lowest BCUT2D eigenvalue weighted by molar-refractivity contribution is -0.138. The highest BCUT2D eigenvalue weighted by atomic mass is 16.5. The monoisotopic (exact) mass is 570 g/mol. The molecule has 1 rings (SSSR count). The van der Waals surface area contributed by atoms with E-state index in [0.29, 0.717) is 13.0 Å². The maximum Gasteiger partial charge on any atom is 0.330 e. The van der Waals surface area contributed by atoms with Crippen LogP contribution in [0.2, 0.25) is 0 Å². The van der Waals surface area contributed by atoms with Crippen LogP contribution in [0.25, 0.3) is 6.08 Å². The Morgan fingerprint density at radius 1 is 0.659 bits per heavy atom. The second-order valence-electron chi connectivity index (χ2n) is 11.2. The van der Waals surface area contributed by atoms with Crippen LogP contribution in [-0.4, -0.2) is 18.5 Å². The van der Waals surface area contributed by atoms with E-state index < -0.39 is 0 Å². The molecule has 0 bridgehead atoms. The van der Waals surface area contributed by atoms with Crippen molar-refractivity contribution in [1.29, 1.82) is 0 Å². The number of carbonyl (C=O) groups excluding carboxylic acids is 2. The third-order valence-electron chi connectivity index (χ3n) is 7.18. The van der Waals surface area contributed by atoms with Crippen molar-refractivity contribution in [1.82, 2.24) is 0 Å². The van der Waals surface area contributed by atoms with Crippen LogP contribution in [0.5, 0.6) is 0 Å². The third-order valence-corrected chi connectivity index (χ3v) is 7.18. The van der Waals surface area contributed by atoms with Gasteiger partial charge in [-0.05, 0) is 31.4 Å². The van der Waals surface area contributed by atoms with Crippen LogP contribution < -0.4 is 0 Å². The van der Waals surface area contributed by atoms with Crippen molar-refractivity contribution in [2.45, 2.75) is 156 Å². The number of esters is 2. The molecule has 0 atom stereocenters. The van der Waals surface area contributed by atoms with Gasteiger partial charge in [0.25, 0.3) is 0 Å². The summed E-state index contributed by atoms with van der Waals surface area (Å²) in [5.74, 6) is -0.397. The number of rotatable bonds is 25. The molecule has 0 saturated heterocycles. The summed E-state index contributed by atoms with van der Waals surface area (Å²) >= 11 is 0. The number of benzene rings is 1. The van der Waals surface area contributed by atoms with Crippen molar-refractivity contribution in [3.8, 4) is 0 Å². The van der Waals surface area contributed by atoms with Crippen LogP contribution in [0, 0.1) is 6.92 Å². The minimum absolute atomic E-state index is 0.153. The fourth-order valence-electron chi connectivity index (χ4n) is 4.56. The topological polar surface area (TPSA) is 52.6 Å². The molecule has 1 aromatic carbocycles. The second kappa shape index (κ2) is 30.6. The molecule has 0 aromatic heterocycles. The summed E-state index contributed by atoms with van der Waals surface area (Å²) in [5, 5.41) is 0. The summed E-state index contributed by atoms with van der Waals surface area (Å²) < 4.78 is 9.88. The van der Waals surface area contributed by atoms with Gasteiger partial charge in [0.1, 0.15) is 0 Å². The van der Waals surface area contributed by atoms with Gasteiger partial charge in [-0.2, -0.15) is 0 Å². The number of hydrogen-bond donors (Lipinski definition) is 0. The summed E-state index contributed by atoms with van der Waals surface area (Å²) in [5.41, 5.74) is 2.24. The average Bonchev–Trinajstić information content (AvgIpc) is 2.97. The zero-order valence-corrected chi connectivity index (χ0v) is 26.9. The van der Waals surface area contributed by atoms with Gasteiger partial charge in [-0.1, -0.05) is 166 Å². The molecular formula is C37H62O4.